The van der Waals surface area contributed by atoms with Gasteiger partial charge in [0.05, 0.1) is 21.3 Å². The zero-order chi connectivity index (χ0) is 23.7. The second kappa shape index (κ2) is 10.3. The molecule has 5 nitrogen and oxygen atoms in total. The molecule has 2 N–H and O–H groups in total. The Morgan fingerprint density at radius 3 is 2.44 bits per heavy atom. The molecule has 0 radical (unpaired) electrons. The smallest absolute Gasteiger partial charge is 0.165 e. The van der Waals surface area contributed by atoms with Gasteiger partial charge in [-0.25, -0.2) is 4.98 Å². The minimum atomic E-state index is 0.641. The summed E-state index contributed by atoms with van der Waals surface area (Å²) in [7, 11) is 0. The van der Waals surface area contributed by atoms with Crippen LogP contribution < -0.4 is 10.6 Å². The molecule has 180 valence electrons. The fraction of sp³-hybridized carbons (Fsp3) is 0.481. The van der Waals surface area contributed by atoms with E-state index in [0.717, 1.165) is 65.5 Å². The van der Waals surface area contributed by atoms with Crippen molar-refractivity contribution in [1.29, 1.82) is 0 Å². The largest absolute Gasteiger partial charge is 0.369 e. The maximum absolute atomic E-state index is 6.83. The third-order valence-corrected chi connectivity index (χ3v) is 7.66. The molecule has 5 rings (SSSR count). The van der Waals surface area contributed by atoms with E-state index in [0.29, 0.717) is 16.1 Å². The van der Waals surface area contributed by atoms with E-state index in [9.17, 15) is 0 Å². The molecular weight excluding hydrogens is 465 g/mol. The van der Waals surface area contributed by atoms with Crippen LogP contribution in [0.1, 0.15) is 68.3 Å². The summed E-state index contributed by atoms with van der Waals surface area (Å²) < 4.78 is 1.89. The van der Waals surface area contributed by atoms with Gasteiger partial charge in [0.25, 0.3) is 0 Å². The number of aromatic nitrogens is 3. The van der Waals surface area contributed by atoms with E-state index >= 15 is 0 Å². The monoisotopic (exact) mass is 497 g/mol. The molecule has 0 spiro atoms. The molecule has 0 aliphatic heterocycles. The molecule has 0 bridgehead atoms. The van der Waals surface area contributed by atoms with Crippen LogP contribution in [-0.2, 0) is 0 Å². The first kappa shape index (κ1) is 23.7. The average Bonchev–Trinajstić information content (AvgIpc) is 3.46. The summed E-state index contributed by atoms with van der Waals surface area (Å²) in [5.74, 6) is 0.933. The van der Waals surface area contributed by atoms with Crippen molar-refractivity contribution < 1.29 is 0 Å². The molecule has 1 saturated carbocycles. The molecule has 1 fully saturated rings. The van der Waals surface area contributed by atoms with Crippen LogP contribution in [0.4, 0.5) is 5.82 Å². The van der Waals surface area contributed by atoms with Crippen molar-refractivity contribution >= 4 is 40.2 Å². The van der Waals surface area contributed by atoms with E-state index in [1.54, 1.807) is 0 Å². The van der Waals surface area contributed by atoms with Gasteiger partial charge in [0.1, 0.15) is 5.82 Å². The van der Waals surface area contributed by atoms with E-state index in [-0.39, 0.29) is 0 Å². The number of anilines is 1. The average molecular weight is 499 g/mol. The summed E-state index contributed by atoms with van der Waals surface area (Å²) in [5.41, 5.74) is 6.71. The number of aryl methyl sites for hydroxylation is 2. The summed E-state index contributed by atoms with van der Waals surface area (Å²) >= 11 is 13.7. The number of rotatable bonds is 7. The highest BCUT2D eigenvalue weighted by molar-refractivity contribution is 6.40. The van der Waals surface area contributed by atoms with Gasteiger partial charge < -0.3 is 10.6 Å². The molecule has 34 heavy (non-hydrogen) atoms. The number of allylic oxidation sites excluding steroid dienone is 2. The molecular formula is C27H33Cl2N5. The van der Waals surface area contributed by atoms with Crippen LogP contribution in [0.25, 0.3) is 22.3 Å². The number of hydrogen-bond donors (Lipinski definition) is 2. The van der Waals surface area contributed by atoms with Crippen LogP contribution in [-0.4, -0.2) is 33.7 Å². The lowest BCUT2D eigenvalue weighted by molar-refractivity contribution is 0.378. The topological polar surface area (TPSA) is 54.2 Å². The second-order valence-corrected chi connectivity index (χ2v) is 10.4. The minimum Gasteiger partial charge on any atom is -0.369 e. The third kappa shape index (κ3) is 4.84. The minimum absolute atomic E-state index is 0.641. The predicted molar refractivity (Wildman–Crippen MR) is 143 cm³/mol. The molecule has 0 amide bonds. The molecule has 7 heteroatoms. The SMILES string of the molecule is Cc1cc(NCCNC2CCCCC2)n2nc(C)c(-c3c(Cl)cc(C4=CCCC4)cc3Cl)c2n1. The van der Waals surface area contributed by atoms with Crippen LogP contribution in [0.3, 0.4) is 0 Å². The highest BCUT2D eigenvalue weighted by atomic mass is 35.5. The number of fused-ring (bicyclic) bond motifs is 1. The summed E-state index contributed by atoms with van der Waals surface area (Å²) in [5, 5.41) is 13.4. The number of halogens is 2. The molecule has 1 aromatic carbocycles. The van der Waals surface area contributed by atoms with Gasteiger partial charge >= 0.3 is 0 Å². The number of hydrogen-bond acceptors (Lipinski definition) is 4. The van der Waals surface area contributed by atoms with E-state index in [2.05, 4.69) is 16.7 Å². The fourth-order valence-corrected chi connectivity index (χ4v) is 6.04. The Morgan fingerprint density at radius 1 is 0.971 bits per heavy atom. The Bertz CT molecular complexity index is 1200. The van der Waals surface area contributed by atoms with E-state index < -0.39 is 0 Å². The van der Waals surface area contributed by atoms with Gasteiger partial charge in [-0.3, -0.25) is 0 Å². The van der Waals surface area contributed by atoms with E-state index in [1.807, 2.05) is 36.6 Å². The molecule has 2 aromatic heterocycles. The lowest BCUT2D eigenvalue weighted by Crippen LogP contribution is -2.34. The quantitative estimate of drug-likeness (QED) is 0.338. The van der Waals surface area contributed by atoms with Crippen LogP contribution in [0, 0.1) is 13.8 Å². The van der Waals surface area contributed by atoms with Gasteiger partial charge in [0, 0.05) is 36.5 Å². The van der Waals surface area contributed by atoms with Gasteiger partial charge in [0.2, 0.25) is 0 Å². The van der Waals surface area contributed by atoms with Crippen molar-refractivity contribution in [3.05, 3.63) is 51.3 Å². The lowest BCUT2D eigenvalue weighted by atomic mass is 9.95. The van der Waals surface area contributed by atoms with Crippen LogP contribution >= 0.6 is 23.2 Å². The fourth-order valence-electron chi connectivity index (χ4n) is 5.37. The van der Waals surface area contributed by atoms with Gasteiger partial charge in [-0.05, 0) is 69.2 Å². The van der Waals surface area contributed by atoms with Crippen molar-refractivity contribution in [2.45, 2.75) is 71.3 Å². The van der Waals surface area contributed by atoms with E-state index in [1.165, 1.54) is 44.1 Å². The predicted octanol–water partition coefficient (Wildman–Crippen LogP) is 7.22. The van der Waals surface area contributed by atoms with Crippen molar-refractivity contribution in [3.63, 3.8) is 0 Å². The second-order valence-electron chi connectivity index (χ2n) is 9.63. The summed E-state index contributed by atoms with van der Waals surface area (Å²) in [4.78, 5) is 4.83. The third-order valence-electron chi connectivity index (χ3n) is 7.07. The Labute approximate surface area is 211 Å². The Morgan fingerprint density at radius 2 is 1.74 bits per heavy atom. The molecule has 3 aromatic rings. The molecule has 0 atom stereocenters. The zero-order valence-corrected chi connectivity index (χ0v) is 21.6. The molecule has 0 unspecified atom stereocenters. The van der Waals surface area contributed by atoms with Crippen LogP contribution in [0.15, 0.2) is 24.3 Å². The van der Waals surface area contributed by atoms with Crippen molar-refractivity contribution in [2.75, 3.05) is 18.4 Å². The zero-order valence-electron chi connectivity index (χ0n) is 20.1. The number of nitrogens with one attached hydrogen (secondary N) is 2. The maximum atomic E-state index is 6.83. The summed E-state index contributed by atoms with van der Waals surface area (Å²) in [6.45, 7) is 5.76. The summed E-state index contributed by atoms with van der Waals surface area (Å²) in [6, 6.07) is 6.77. The van der Waals surface area contributed by atoms with Gasteiger partial charge in [-0.1, -0.05) is 48.5 Å². The Kier molecular flexibility index (Phi) is 7.14. The maximum Gasteiger partial charge on any atom is 0.165 e. The molecule has 2 aliphatic carbocycles. The highest BCUT2D eigenvalue weighted by Crippen LogP contribution is 2.42. The number of nitrogens with zero attached hydrogens (tertiary/aromatic N) is 3. The standard InChI is InChI=1S/C27H33Cl2N5/c1-17-14-24(31-13-12-30-21-10-4-3-5-11-21)34-27(32-17)25(18(2)33-34)26-22(28)15-20(16-23(26)29)19-8-6-7-9-19/h8,14-16,21,30-31H,3-7,9-13H2,1-2H3. The van der Waals surface area contributed by atoms with Gasteiger partial charge in [0.15, 0.2) is 5.65 Å². The lowest BCUT2D eigenvalue weighted by Gasteiger charge is -2.23. The first-order valence-corrected chi connectivity index (χ1v) is 13.3. The van der Waals surface area contributed by atoms with Crippen LogP contribution in [0.2, 0.25) is 10.0 Å². The molecule has 2 heterocycles. The first-order chi connectivity index (χ1) is 16.5. The number of benzene rings is 1. The van der Waals surface area contributed by atoms with Gasteiger partial charge in [-0.2, -0.15) is 9.61 Å². The highest BCUT2D eigenvalue weighted by Gasteiger charge is 2.22. The van der Waals surface area contributed by atoms with Crippen molar-refractivity contribution in [3.8, 4) is 11.1 Å². The Balaban J connectivity index is 1.43. The normalized spacial score (nSPS) is 16.9. The molecule has 0 saturated heterocycles. The first-order valence-electron chi connectivity index (χ1n) is 12.5. The van der Waals surface area contributed by atoms with E-state index in [4.69, 9.17) is 33.3 Å². The van der Waals surface area contributed by atoms with Gasteiger partial charge in [-0.15, -0.1) is 0 Å². The molecule has 2 aliphatic rings. The Hall–Kier alpha value is -2.08. The summed E-state index contributed by atoms with van der Waals surface area (Å²) in [6.07, 6.45) is 12.3. The van der Waals surface area contributed by atoms with Crippen molar-refractivity contribution in [1.82, 2.24) is 19.9 Å². The van der Waals surface area contributed by atoms with Crippen LogP contribution in [0.5, 0.6) is 0 Å². The van der Waals surface area contributed by atoms with Crippen molar-refractivity contribution in [2.24, 2.45) is 0 Å².